The van der Waals surface area contributed by atoms with Gasteiger partial charge in [-0.15, -0.1) is 0 Å². The van der Waals surface area contributed by atoms with Gasteiger partial charge in [0.15, 0.2) is 0 Å². The third-order valence-corrected chi connectivity index (χ3v) is 2.69. The molecule has 0 spiro atoms. The third kappa shape index (κ3) is 4.38. The topological polar surface area (TPSA) is 96.3 Å². The number of hydrogen-bond acceptors (Lipinski definition) is 4. The van der Waals surface area contributed by atoms with Crippen LogP contribution >= 0.6 is 0 Å². The van der Waals surface area contributed by atoms with Crippen molar-refractivity contribution < 1.29 is 14.4 Å². The van der Waals surface area contributed by atoms with Gasteiger partial charge in [-0.25, -0.2) is 0 Å². The molecule has 1 aromatic rings. The van der Waals surface area contributed by atoms with Gasteiger partial charge in [0, 0.05) is 26.8 Å². The molecule has 2 N–H and O–H groups in total. The number of carbonyl (C=O) groups is 3. The first-order valence-corrected chi connectivity index (χ1v) is 6.07. The van der Waals surface area contributed by atoms with E-state index in [9.17, 15) is 14.4 Å². The van der Waals surface area contributed by atoms with Crippen molar-refractivity contribution in [1.82, 2.24) is 25.3 Å². The lowest BCUT2D eigenvalue weighted by atomic mass is 10.3. The Bertz CT molecular complexity index is 502. The monoisotopic (exact) mass is 281 g/mol. The van der Waals surface area contributed by atoms with Gasteiger partial charge in [0.1, 0.15) is 5.69 Å². The maximum Gasteiger partial charge on any atom is 0.272 e. The van der Waals surface area contributed by atoms with Crippen LogP contribution in [0.5, 0.6) is 0 Å². The minimum Gasteiger partial charge on any atom is -0.347 e. The maximum absolute atomic E-state index is 11.7. The van der Waals surface area contributed by atoms with Gasteiger partial charge in [-0.2, -0.15) is 5.10 Å². The van der Waals surface area contributed by atoms with Crippen molar-refractivity contribution in [3.8, 4) is 0 Å². The summed E-state index contributed by atoms with van der Waals surface area (Å²) in [4.78, 5) is 35.8. The molecular formula is C12H19N5O3. The molecule has 0 unspecified atom stereocenters. The van der Waals surface area contributed by atoms with Crippen LogP contribution < -0.4 is 10.6 Å². The van der Waals surface area contributed by atoms with E-state index in [1.54, 1.807) is 31.9 Å². The van der Waals surface area contributed by atoms with Crippen LogP contribution in [0.15, 0.2) is 6.07 Å². The normalized spacial score (nSPS) is 10.0. The first-order valence-electron chi connectivity index (χ1n) is 6.07. The molecule has 110 valence electrons. The molecule has 3 amide bonds. The number of hydrogen-bond donors (Lipinski definition) is 2. The molecule has 8 heteroatoms. The Kier molecular flexibility index (Phi) is 5.24. The Labute approximate surface area is 117 Å². The second-order valence-electron chi connectivity index (χ2n) is 4.54. The molecule has 0 saturated heterocycles. The highest BCUT2D eigenvalue weighted by Crippen LogP contribution is 2.00. The molecule has 1 rings (SSSR count). The highest BCUT2D eigenvalue weighted by molar-refractivity contribution is 5.95. The number of likely N-dealkylation sites (N-methyl/N-ethyl adjacent to an activating group) is 1. The van der Waals surface area contributed by atoms with Gasteiger partial charge in [-0.3, -0.25) is 19.1 Å². The van der Waals surface area contributed by atoms with Crippen LogP contribution in [0.4, 0.5) is 0 Å². The fraction of sp³-hybridized carbons (Fsp3) is 0.500. The van der Waals surface area contributed by atoms with Crippen molar-refractivity contribution in [3.05, 3.63) is 17.5 Å². The SMILES string of the molecule is Cc1cc(C(=O)NCC(=O)NCC(=O)N(C)C)nn1C. The summed E-state index contributed by atoms with van der Waals surface area (Å²) in [5.74, 6) is -1.07. The minimum atomic E-state index is -0.429. The summed E-state index contributed by atoms with van der Waals surface area (Å²) in [6, 6.07) is 1.63. The number of aromatic nitrogens is 2. The van der Waals surface area contributed by atoms with E-state index in [-0.39, 0.29) is 24.7 Å². The second-order valence-corrected chi connectivity index (χ2v) is 4.54. The van der Waals surface area contributed by atoms with Crippen LogP contribution in [0.3, 0.4) is 0 Å². The minimum absolute atomic E-state index is 0.0929. The van der Waals surface area contributed by atoms with E-state index in [1.807, 2.05) is 6.92 Å². The molecule has 0 aliphatic heterocycles. The molecule has 20 heavy (non-hydrogen) atoms. The summed E-state index contributed by atoms with van der Waals surface area (Å²) >= 11 is 0. The Morgan fingerprint density at radius 2 is 1.90 bits per heavy atom. The average Bonchev–Trinajstić information content (AvgIpc) is 2.73. The van der Waals surface area contributed by atoms with Crippen LogP contribution in [0.2, 0.25) is 0 Å². The number of rotatable bonds is 5. The van der Waals surface area contributed by atoms with E-state index in [1.165, 1.54) is 4.90 Å². The van der Waals surface area contributed by atoms with Crippen molar-refractivity contribution in [3.63, 3.8) is 0 Å². The first-order chi connectivity index (χ1) is 9.31. The van der Waals surface area contributed by atoms with Gasteiger partial charge in [0.05, 0.1) is 13.1 Å². The van der Waals surface area contributed by atoms with Gasteiger partial charge in [0.25, 0.3) is 5.91 Å². The van der Waals surface area contributed by atoms with Gasteiger partial charge in [0.2, 0.25) is 11.8 Å². The van der Waals surface area contributed by atoms with Crippen LogP contribution in [0, 0.1) is 6.92 Å². The zero-order chi connectivity index (χ0) is 15.3. The van der Waals surface area contributed by atoms with Gasteiger partial charge >= 0.3 is 0 Å². The Morgan fingerprint density at radius 3 is 2.40 bits per heavy atom. The molecule has 0 aliphatic carbocycles. The standard InChI is InChI=1S/C12H19N5O3/c1-8-5-9(15-17(8)4)12(20)14-6-10(18)13-7-11(19)16(2)3/h5H,6-7H2,1-4H3,(H,13,18)(H,14,20). The van der Waals surface area contributed by atoms with Crippen molar-refractivity contribution in [2.75, 3.05) is 27.2 Å². The van der Waals surface area contributed by atoms with Crippen molar-refractivity contribution in [2.45, 2.75) is 6.92 Å². The highest BCUT2D eigenvalue weighted by atomic mass is 16.2. The number of carbonyl (C=O) groups excluding carboxylic acids is 3. The fourth-order valence-corrected chi connectivity index (χ4v) is 1.32. The van der Waals surface area contributed by atoms with Gasteiger partial charge in [-0.05, 0) is 13.0 Å². The molecule has 0 atom stereocenters. The maximum atomic E-state index is 11.7. The second kappa shape index (κ2) is 6.69. The number of aryl methyl sites for hydroxylation is 2. The van der Waals surface area contributed by atoms with Gasteiger partial charge < -0.3 is 15.5 Å². The van der Waals surface area contributed by atoms with Crippen molar-refractivity contribution in [2.24, 2.45) is 7.05 Å². The number of nitrogens with zero attached hydrogens (tertiary/aromatic N) is 3. The van der Waals surface area contributed by atoms with Gasteiger partial charge in [-0.1, -0.05) is 0 Å². The zero-order valence-electron chi connectivity index (χ0n) is 12.1. The molecule has 0 bridgehead atoms. The summed E-state index contributed by atoms with van der Waals surface area (Å²) in [5, 5.41) is 8.85. The Balaban J connectivity index is 2.37. The molecular weight excluding hydrogens is 262 g/mol. The van der Waals surface area contributed by atoms with Crippen LogP contribution in [-0.4, -0.2) is 59.6 Å². The van der Waals surface area contributed by atoms with Crippen molar-refractivity contribution >= 4 is 17.7 Å². The predicted molar refractivity (Wildman–Crippen MR) is 72.0 cm³/mol. The fourth-order valence-electron chi connectivity index (χ4n) is 1.32. The number of amides is 3. The third-order valence-electron chi connectivity index (χ3n) is 2.69. The molecule has 1 aromatic heterocycles. The van der Waals surface area contributed by atoms with Crippen LogP contribution in [0.25, 0.3) is 0 Å². The zero-order valence-corrected chi connectivity index (χ0v) is 12.1. The molecule has 0 aliphatic rings. The molecule has 0 fully saturated rings. The first kappa shape index (κ1) is 15.7. The van der Waals surface area contributed by atoms with E-state index in [2.05, 4.69) is 15.7 Å². The average molecular weight is 281 g/mol. The number of nitrogens with one attached hydrogen (secondary N) is 2. The molecule has 0 radical (unpaired) electrons. The van der Waals surface area contributed by atoms with E-state index >= 15 is 0 Å². The quantitative estimate of drug-likeness (QED) is 0.698. The highest BCUT2D eigenvalue weighted by Gasteiger charge is 2.12. The smallest absolute Gasteiger partial charge is 0.272 e. The predicted octanol–water partition coefficient (Wildman–Crippen LogP) is -1.34. The van der Waals surface area contributed by atoms with E-state index in [4.69, 9.17) is 0 Å². The lowest BCUT2D eigenvalue weighted by molar-refractivity contribution is -0.130. The van der Waals surface area contributed by atoms with E-state index in [0.717, 1.165) is 5.69 Å². The lowest BCUT2D eigenvalue weighted by Gasteiger charge is -2.11. The Hall–Kier alpha value is -2.38. The van der Waals surface area contributed by atoms with Crippen LogP contribution in [-0.2, 0) is 16.6 Å². The summed E-state index contributed by atoms with van der Waals surface area (Å²) < 4.78 is 1.57. The summed E-state index contributed by atoms with van der Waals surface area (Å²) in [6.07, 6.45) is 0. The summed E-state index contributed by atoms with van der Waals surface area (Å²) in [6.45, 7) is 1.53. The molecule has 0 saturated carbocycles. The molecule has 0 aromatic carbocycles. The lowest BCUT2D eigenvalue weighted by Crippen LogP contribution is -2.41. The van der Waals surface area contributed by atoms with Crippen LogP contribution in [0.1, 0.15) is 16.2 Å². The van der Waals surface area contributed by atoms with E-state index in [0.29, 0.717) is 0 Å². The van der Waals surface area contributed by atoms with E-state index < -0.39 is 11.8 Å². The Morgan fingerprint density at radius 1 is 1.25 bits per heavy atom. The molecule has 8 nitrogen and oxygen atoms in total. The molecule has 1 heterocycles. The summed E-state index contributed by atoms with van der Waals surface area (Å²) in [7, 11) is 4.92. The largest absolute Gasteiger partial charge is 0.347 e. The van der Waals surface area contributed by atoms with Crippen molar-refractivity contribution in [1.29, 1.82) is 0 Å². The summed E-state index contributed by atoms with van der Waals surface area (Å²) in [5.41, 5.74) is 1.10.